The van der Waals surface area contributed by atoms with Gasteiger partial charge < -0.3 is 24.8 Å². The van der Waals surface area contributed by atoms with Gasteiger partial charge in [-0.05, 0) is 26.2 Å². The zero-order valence-electron chi connectivity index (χ0n) is 20.2. The molecule has 0 spiro atoms. The molecule has 0 amide bonds. The van der Waals surface area contributed by atoms with Crippen LogP contribution in [0.15, 0.2) is 42.7 Å². The van der Waals surface area contributed by atoms with E-state index in [0.717, 1.165) is 0 Å². The van der Waals surface area contributed by atoms with Crippen LogP contribution in [0.3, 0.4) is 0 Å². The zero-order chi connectivity index (χ0) is 26.0. The van der Waals surface area contributed by atoms with Gasteiger partial charge in [-0.3, -0.25) is 10.1 Å². The summed E-state index contributed by atoms with van der Waals surface area (Å²) in [6, 6.07) is 7.69. The summed E-state index contributed by atoms with van der Waals surface area (Å²) in [5, 5.41) is 15.4. The van der Waals surface area contributed by atoms with Crippen LogP contribution in [0.2, 0.25) is 5.02 Å². The van der Waals surface area contributed by atoms with E-state index in [1.165, 1.54) is 25.4 Å². The first kappa shape index (κ1) is 25.1. The molecule has 2 aromatic heterocycles. The van der Waals surface area contributed by atoms with Crippen LogP contribution in [0.25, 0.3) is 22.2 Å². The van der Waals surface area contributed by atoms with E-state index in [4.69, 9.17) is 16.3 Å². The van der Waals surface area contributed by atoms with Crippen LogP contribution in [0.1, 0.15) is 0 Å². The fourth-order valence-corrected chi connectivity index (χ4v) is 4.00. The Hall–Kier alpha value is -3.96. The number of aromatic nitrogens is 3. The smallest absolute Gasteiger partial charge is 0.294 e. The standard InChI is InChI=1S/C24H25ClFN7O3/c1-31(2)8-9-32(3)19-11-21(36-4)18(10-20(19)33(34)35)29-24-28-13-15(25)23(30-24)14-12-27-17-7-5-6-16(26)22(14)17/h5-7,10-13,27H,8-9H2,1-4H3,(H,28,29,30). The third-order valence-corrected chi connectivity index (χ3v) is 5.96. The number of likely N-dealkylation sites (N-methyl/N-ethyl adjacent to an activating group) is 2. The number of anilines is 3. The number of nitrogens with zero attached hydrogens (tertiary/aromatic N) is 5. The summed E-state index contributed by atoms with van der Waals surface area (Å²) < 4.78 is 20.1. The van der Waals surface area contributed by atoms with E-state index in [1.807, 2.05) is 19.0 Å². The second-order valence-corrected chi connectivity index (χ2v) is 8.81. The topological polar surface area (TPSA) is 112 Å². The number of benzene rings is 2. The molecule has 0 radical (unpaired) electrons. The second kappa shape index (κ2) is 10.3. The molecule has 4 rings (SSSR count). The second-order valence-electron chi connectivity index (χ2n) is 8.40. The highest BCUT2D eigenvalue weighted by Crippen LogP contribution is 2.39. The highest BCUT2D eigenvalue weighted by molar-refractivity contribution is 6.33. The van der Waals surface area contributed by atoms with E-state index < -0.39 is 10.7 Å². The molecule has 0 aliphatic rings. The fourth-order valence-electron chi connectivity index (χ4n) is 3.81. The molecule has 2 aromatic carbocycles. The third kappa shape index (κ3) is 5.02. The number of nitrogens with one attached hydrogen (secondary N) is 2. The summed E-state index contributed by atoms with van der Waals surface area (Å²) in [5.41, 5.74) is 1.98. The predicted molar refractivity (Wildman–Crippen MR) is 139 cm³/mol. The van der Waals surface area contributed by atoms with Gasteiger partial charge in [-0.2, -0.15) is 0 Å². The van der Waals surface area contributed by atoms with E-state index in [9.17, 15) is 14.5 Å². The molecule has 4 aromatic rings. The number of ether oxygens (including phenoxy) is 1. The summed E-state index contributed by atoms with van der Waals surface area (Å²) in [7, 11) is 7.12. The van der Waals surface area contributed by atoms with Crippen molar-refractivity contribution in [3.05, 3.63) is 63.7 Å². The van der Waals surface area contributed by atoms with Gasteiger partial charge >= 0.3 is 0 Å². The van der Waals surface area contributed by atoms with Gasteiger partial charge in [0, 0.05) is 54.9 Å². The molecular weight excluding hydrogens is 489 g/mol. The van der Waals surface area contributed by atoms with Gasteiger partial charge in [-0.1, -0.05) is 17.7 Å². The number of halogens is 2. The van der Waals surface area contributed by atoms with Crippen molar-refractivity contribution in [2.24, 2.45) is 0 Å². The maximum absolute atomic E-state index is 14.6. The van der Waals surface area contributed by atoms with Crippen molar-refractivity contribution >= 4 is 45.5 Å². The SMILES string of the molecule is COc1cc(N(C)CCN(C)C)c([N+](=O)[O-])cc1Nc1ncc(Cl)c(-c2c[nH]c3cccc(F)c23)n1. The van der Waals surface area contributed by atoms with Crippen LogP contribution in [-0.2, 0) is 0 Å². The van der Waals surface area contributed by atoms with Gasteiger partial charge in [-0.25, -0.2) is 14.4 Å². The average Bonchev–Trinajstić information content (AvgIpc) is 3.28. The Labute approximate surface area is 211 Å². The predicted octanol–water partition coefficient (Wildman–Crippen LogP) is 5.08. The Morgan fingerprint density at radius 2 is 2.03 bits per heavy atom. The lowest BCUT2D eigenvalue weighted by molar-refractivity contribution is -0.384. The van der Waals surface area contributed by atoms with Crippen molar-refractivity contribution in [2.75, 3.05) is 51.6 Å². The van der Waals surface area contributed by atoms with Crippen molar-refractivity contribution in [1.82, 2.24) is 19.9 Å². The highest BCUT2D eigenvalue weighted by Gasteiger charge is 2.23. The molecular formula is C24H25ClFN7O3. The average molecular weight is 514 g/mol. The van der Waals surface area contributed by atoms with Gasteiger partial charge in [0.1, 0.15) is 17.3 Å². The molecule has 0 bridgehead atoms. The quantitative estimate of drug-likeness (QED) is 0.235. The number of hydrogen-bond acceptors (Lipinski definition) is 8. The lowest BCUT2D eigenvalue weighted by atomic mass is 10.1. The van der Waals surface area contributed by atoms with Crippen molar-refractivity contribution in [3.8, 4) is 17.0 Å². The van der Waals surface area contributed by atoms with Crippen molar-refractivity contribution in [3.63, 3.8) is 0 Å². The number of H-pyrrole nitrogens is 1. The summed E-state index contributed by atoms with van der Waals surface area (Å²) in [6.45, 7) is 1.29. The van der Waals surface area contributed by atoms with E-state index in [1.54, 1.807) is 36.3 Å². The minimum atomic E-state index is -0.449. The molecule has 0 aliphatic carbocycles. The highest BCUT2D eigenvalue weighted by atomic mass is 35.5. The maximum Gasteiger partial charge on any atom is 0.294 e. The molecule has 12 heteroatoms. The summed E-state index contributed by atoms with van der Waals surface area (Å²) in [4.78, 5) is 26.9. The van der Waals surface area contributed by atoms with Gasteiger partial charge in [0.05, 0.1) is 34.6 Å². The normalized spacial score (nSPS) is 11.2. The van der Waals surface area contributed by atoms with Crippen LogP contribution in [0.4, 0.5) is 27.4 Å². The lowest BCUT2D eigenvalue weighted by Gasteiger charge is -2.22. The summed E-state index contributed by atoms with van der Waals surface area (Å²) in [5.74, 6) is 0.0612. The van der Waals surface area contributed by atoms with Gasteiger partial charge in [0.25, 0.3) is 5.69 Å². The third-order valence-electron chi connectivity index (χ3n) is 5.69. The number of hydrogen-bond donors (Lipinski definition) is 2. The van der Waals surface area contributed by atoms with Crippen LogP contribution in [0.5, 0.6) is 5.75 Å². The summed E-state index contributed by atoms with van der Waals surface area (Å²) in [6.07, 6.45) is 3.01. The van der Waals surface area contributed by atoms with Crippen molar-refractivity contribution in [1.29, 1.82) is 0 Å². The molecule has 2 heterocycles. The molecule has 0 unspecified atom stereocenters. The minimum absolute atomic E-state index is 0.104. The van der Waals surface area contributed by atoms with Crippen molar-refractivity contribution in [2.45, 2.75) is 0 Å². The van der Waals surface area contributed by atoms with Crippen LogP contribution < -0.4 is 15.0 Å². The monoisotopic (exact) mass is 513 g/mol. The largest absolute Gasteiger partial charge is 0.494 e. The Bertz CT molecular complexity index is 1430. The molecule has 0 atom stereocenters. The summed E-state index contributed by atoms with van der Waals surface area (Å²) >= 11 is 6.36. The van der Waals surface area contributed by atoms with E-state index in [-0.39, 0.29) is 16.7 Å². The number of fused-ring (bicyclic) bond motifs is 1. The van der Waals surface area contributed by atoms with E-state index in [0.29, 0.717) is 52.4 Å². The Morgan fingerprint density at radius 3 is 2.72 bits per heavy atom. The first-order chi connectivity index (χ1) is 17.2. The molecule has 0 aliphatic heterocycles. The minimum Gasteiger partial charge on any atom is -0.494 e. The first-order valence-electron chi connectivity index (χ1n) is 11.0. The van der Waals surface area contributed by atoms with Gasteiger partial charge in [-0.15, -0.1) is 0 Å². The number of rotatable bonds is 9. The molecule has 0 saturated heterocycles. The maximum atomic E-state index is 14.6. The van der Waals surface area contributed by atoms with E-state index in [2.05, 4.69) is 20.3 Å². The van der Waals surface area contributed by atoms with Crippen molar-refractivity contribution < 1.29 is 14.1 Å². The molecule has 2 N–H and O–H groups in total. The number of nitro benzene ring substituents is 1. The fraction of sp³-hybridized carbons (Fsp3) is 0.250. The Kier molecular flexibility index (Phi) is 7.22. The van der Waals surface area contributed by atoms with E-state index >= 15 is 0 Å². The Morgan fingerprint density at radius 1 is 1.25 bits per heavy atom. The van der Waals surface area contributed by atoms with Gasteiger partial charge in [0.15, 0.2) is 0 Å². The molecule has 10 nitrogen and oxygen atoms in total. The lowest BCUT2D eigenvalue weighted by Crippen LogP contribution is -2.28. The molecule has 188 valence electrons. The number of nitro groups is 1. The first-order valence-corrected chi connectivity index (χ1v) is 11.3. The van der Waals surface area contributed by atoms with Crippen LogP contribution in [0, 0.1) is 15.9 Å². The zero-order valence-corrected chi connectivity index (χ0v) is 20.9. The molecule has 0 fully saturated rings. The van der Waals surface area contributed by atoms with Crippen LogP contribution in [-0.4, -0.2) is 66.1 Å². The van der Waals surface area contributed by atoms with Gasteiger partial charge in [0.2, 0.25) is 5.95 Å². The Balaban J connectivity index is 1.73. The number of aromatic amines is 1. The molecule has 0 saturated carbocycles. The van der Waals surface area contributed by atoms with Crippen LogP contribution >= 0.6 is 11.6 Å². The molecule has 36 heavy (non-hydrogen) atoms. The number of methoxy groups -OCH3 is 1.